The summed E-state index contributed by atoms with van der Waals surface area (Å²) in [7, 11) is -0.415. The summed E-state index contributed by atoms with van der Waals surface area (Å²) in [5, 5.41) is 3.36. The lowest BCUT2D eigenvalue weighted by molar-refractivity contribution is 0.416. The number of benzene rings is 2. The lowest BCUT2D eigenvalue weighted by Crippen LogP contribution is -2.19. The number of methoxy groups -OCH3 is 1. The first-order valence-corrected chi connectivity index (χ1v) is 8.80. The molecule has 1 atom stereocenters. The van der Waals surface area contributed by atoms with Crippen molar-refractivity contribution < 1.29 is 13.2 Å². The zero-order valence-electron chi connectivity index (χ0n) is 13.8. The lowest BCUT2D eigenvalue weighted by Gasteiger charge is -2.19. The number of hydrogen-bond acceptors (Lipinski definition) is 4. The molecule has 2 N–H and O–H groups in total. The van der Waals surface area contributed by atoms with Crippen molar-refractivity contribution in [2.75, 3.05) is 19.5 Å². The molecule has 0 saturated carbocycles. The monoisotopic (exact) mass is 334 g/mol. The number of hydrogen-bond donors (Lipinski definition) is 2. The summed E-state index contributed by atoms with van der Waals surface area (Å²) in [4.78, 5) is 0.252. The van der Waals surface area contributed by atoms with E-state index in [1.165, 1.54) is 7.05 Å². The van der Waals surface area contributed by atoms with E-state index in [9.17, 15) is 8.42 Å². The molecule has 0 saturated heterocycles. The van der Waals surface area contributed by atoms with E-state index in [1.807, 2.05) is 38.1 Å². The second kappa shape index (κ2) is 7.02. The Kier molecular flexibility index (Phi) is 5.28. The van der Waals surface area contributed by atoms with Crippen molar-refractivity contribution in [1.82, 2.24) is 4.72 Å². The van der Waals surface area contributed by atoms with Crippen LogP contribution in [0.5, 0.6) is 5.75 Å². The maximum atomic E-state index is 11.9. The van der Waals surface area contributed by atoms with Gasteiger partial charge in [0.05, 0.1) is 17.7 Å². The molecule has 0 aliphatic rings. The van der Waals surface area contributed by atoms with Crippen LogP contribution in [0.25, 0.3) is 0 Å². The lowest BCUT2D eigenvalue weighted by atomic mass is 10.1. The molecule has 23 heavy (non-hydrogen) atoms. The van der Waals surface area contributed by atoms with Crippen molar-refractivity contribution in [1.29, 1.82) is 0 Å². The van der Waals surface area contributed by atoms with E-state index in [1.54, 1.807) is 25.3 Å². The van der Waals surface area contributed by atoms with Crippen LogP contribution in [0, 0.1) is 6.92 Å². The third-order valence-electron chi connectivity index (χ3n) is 3.67. The Morgan fingerprint density at radius 2 is 1.87 bits per heavy atom. The molecule has 0 heterocycles. The summed E-state index contributed by atoms with van der Waals surface area (Å²) in [6.45, 7) is 3.98. The van der Waals surface area contributed by atoms with Crippen LogP contribution in [0.3, 0.4) is 0 Å². The Morgan fingerprint density at radius 1 is 1.13 bits per heavy atom. The molecule has 2 rings (SSSR count). The van der Waals surface area contributed by atoms with E-state index in [0.717, 1.165) is 22.6 Å². The fourth-order valence-electron chi connectivity index (χ4n) is 2.30. The molecule has 0 aliphatic heterocycles. The first-order chi connectivity index (χ1) is 10.9. The fourth-order valence-corrected chi connectivity index (χ4v) is 3.09. The summed E-state index contributed by atoms with van der Waals surface area (Å²) < 4.78 is 31.6. The average molecular weight is 334 g/mol. The molecule has 1 unspecified atom stereocenters. The largest absolute Gasteiger partial charge is 0.495 e. The molecule has 124 valence electrons. The van der Waals surface area contributed by atoms with Crippen LogP contribution in [-0.4, -0.2) is 22.6 Å². The predicted octanol–water partition coefficient (Wildman–Crippen LogP) is 3.08. The van der Waals surface area contributed by atoms with Crippen LogP contribution in [0.2, 0.25) is 0 Å². The Hall–Kier alpha value is -2.05. The quantitative estimate of drug-likeness (QED) is 0.852. The zero-order chi connectivity index (χ0) is 17.0. The van der Waals surface area contributed by atoms with Gasteiger partial charge in [0, 0.05) is 6.04 Å². The summed E-state index contributed by atoms with van der Waals surface area (Å²) in [6, 6.07) is 12.7. The molecule has 0 amide bonds. The molecule has 0 spiro atoms. The van der Waals surface area contributed by atoms with Gasteiger partial charge in [-0.3, -0.25) is 0 Å². The van der Waals surface area contributed by atoms with Crippen molar-refractivity contribution in [2.45, 2.75) is 24.8 Å². The second-order valence-corrected chi connectivity index (χ2v) is 7.24. The van der Waals surface area contributed by atoms with Crippen LogP contribution in [0.4, 0.5) is 5.69 Å². The van der Waals surface area contributed by atoms with Gasteiger partial charge >= 0.3 is 0 Å². The van der Waals surface area contributed by atoms with Crippen molar-refractivity contribution >= 4 is 15.7 Å². The minimum atomic E-state index is -3.45. The first-order valence-electron chi connectivity index (χ1n) is 7.32. The predicted molar refractivity (Wildman–Crippen MR) is 92.5 cm³/mol. The van der Waals surface area contributed by atoms with Gasteiger partial charge in [-0.1, -0.05) is 18.2 Å². The van der Waals surface area contributed by atoms with Gasteiger partial charge in [0.15, 0.2) is 0 Å². The summed E-state index contributed by atoms with van der Waals surface area (Å²) in [5.41, 5.74) is 2.86. The number of ether oxygens (including phenoxy) is 1. The molecule has 5 nitrogen and oxygen atoms in total. The highest BCUT2D eigenvalue weighted by Gasteiger charge is 2.14. The van der Waals surface area contributed by atoms with Gasteiger partial charge in [0.1, 0.15) is 5.75 Å². The minimum Gasteiger partial charge on any atom is -0.495 e. The summed E-state index contributed by atoms with van der Waals surface area (Å²) in [5.74, 6) is 0.760. The fraction of sp³-hybridized carbons (Fsp3) is 0.294. The van der Waals surface area contributed by atoms with Gasteiger partial charge in [0.25, 0.3) is 0 Å². The van der Waals surface area contributed by atoms with Crippen molar-refractivity contribution in [3.05, 3.63) is 53.6 Å². The highest BCUT2D eigenvalue weighted by atomic mass is 32.2. The minimum absolute atomic E-state index is 0.0707. The molecule has 0 radical (unpaired) electrons. The van der Waals surface area contributed by atoms with E-state index in [-0.39, 0.29) is 10.9 Å². The maximum absolute atomic E-state index is 11.9. The Morgan fingerprint density at radius 3 is 2.52 bits per heavy atom. The van der Waals surface area contributed by atoms with E-state index in [4.69, 9.17) is 4.74 Å². The Balaban J connectivity index is 2.28. The van der Waals surface area contributed by atoms with Crippen LogP contribution >= 0.6 is 0 Å². The normalized spacial score (nSPS) is 12.7. The molecule has 2 aromatic carbocycles. The molecule has 0 bridgehead atoms. The molecular formula is C17H22N2O3S. The van der Waals surface area contributed by atoms with Gasteiger partial charge in [-0.05, 0) is 56.3 Å². The maximum Gasteiger partial charge on any atom is 0.240 e. The number of nitrogens with one attached hydrogen (secondary N) is 2. The van der Waals surface area contributed by atoms with E-state index in [2.05, 4.69) is 10.0 Å². The van der Waals surface area contributed by atoms with Crippen molar-refractivity contribution in [3.63, 3.8) is 0 Å². The third kappa shape index (κ3) is 4.03. The summed E-state index contributed by atoms with van der Waals surface area (Å²) >= 11 is 0. The smallest absolute Gasteiger partial charge is 0.240 e. The van der Waals surface area contributed by atoms with E-state index >= 15 is 0 Å². The average Bonchev–Trinajstić information content (AvgIpc) is 2.56. The topological polar surface area (TPSA) is 67.4 Å². The van der Waals surface area contributed by atoms with Gasteiger partial charge in [-0.15, -0.1) is 0 Å². The summed E-state index contributed by atoms with van der Waals surface area (Å²) in [6.07, 6.45) is 0. The molecule has 0 aliphatic carbocycles. The Bertz CT molecular complexity index is 788. The zero-order valence-corrected chi connectivity index (χ0v) is 14.6. The third-order valence-corrected chi connectivity index (χ3v) is 5.08. The SMILES string of the molecule is CNS(=O)(=O)c1cccc(C(C)Nc2ccc(C)cc2OC)c1. The highest BCUT2D eigenvalue weighted by molar-refractivity contribution is 7.89. The number of sulfonamides is 1. The van der Waals surface area contributed by atoms with Crippen LogP contribution in [-0.2, 0) is 10.0 Å². The van der Waals surface area contributed by atoms with Crippen molar-refractivity contribution in [3.8, 4) is 5.75 Å². The van der Waals surface area contributed by atoms with Crippen LogP contribution < -0.4 is 14.8 Å². The standard InChI is InChI=1S/C17H22N2O3S/c1-12-8-9-16(17(10-12)22-4)19-13(2)14-6-5-7-15(11-14)23(20,21)18-3/h5-11,13,18-19H,1-4H3. The Labute approximate surface area is 137 Å². The molecule has 0 aromatic heterocycles. The molecule has 6 heteroatoms. The highest BCUT2D eigenvalue weighted by Crippen LogP contribution is 2.29. The number of aryl methyl sites for hydroxylation is 1. The van der Waals surface area contributed by atoms with Gasteiger partial charge in [-0.2, -0.15) is 0 Å². The van der Waals surface area contributed by atoms with Crippen LogP contribution in [0.1, 0.15) is 24.1 Å². The first kappa shape index (κ1) is 17.3. The van der Waals surface area contributed by atoms with Crippen molar-refractivity contribution in [2.24, 2.45) is 0 Å². The second-order valence-electron chi connectivity index (χ2n) is 5.35. The van der Waals surface area contributed by atoms with Gasteiger partial charge < -0.3 is 10.1 Å². The van der Waals surface area contributed by atoms with Crippen LogP contribution in [0.15, 0.2) is 47.4 Å². The molecular weight excluding hydrogens is 312 g/mol. The van der Waals surface area contributed by atoms with Gasteiger partial charge in [0.2, 0.25) is 10.0 Å². The van der Waals surface area contributed by atoms with E-state index < -0.39 is 10.0 Å². The molecule has 0 fully saturated rings. The molecule has 2 aromatic rings. The van der Waals surface area contributed by atoms with E-state index in [0.29, 0.717) is 0 Å². The van der Waals surface area contributed by atoms with Gasteiger partial charge in [-0.25, -0.2) is 13.1 Å². The number of anilines is 1. The number of rotatable bonds is 6.